The molecule has 0 heterocycles. The summed E-state index contributed by atoms with van der Waals surface area (Å²) < 4.78 is 49.0. The van der Waals surface area contributed by atoms with Gasteiger partial charge in [-0.2, -0.15) is 13.2 Å². The van der Waals surface area contributed by atoms with E-state index in [-0.39, 0.29) is 29.3 Å². The lowest BCUT2D eigenvalue weighted by atomic mass is 9.58. The van der Waals surface area contributed by atoms with Gasteiger partial charge in [-0.1, -0.05) is 45.4 Å². The molecule has 2 aromatic carbocycles. The number of rotatable bonds is 7. The topological polar surface area (TPSA) is 58.6 Å². The molecule has 3 atom stereocenters. The third kappa shape index (κ3) is 5.16. The summed E-state index contributed by atoms with van der Waals surface area (Å²) in [7, 11) is 0. The van der Waals surface area contributed by atoms with Gasteiger partial charge in [0.1, 0.15) is 11.3 Å². The fourth-order valence-electron chi connectivity index (χ4n) is 5.84. The minimum absolute atomic E-state index is 0.0238. The monoisotopic (exact) mass is 491 g/mol. The summed E-state index contributed by atoms with van der Waals surface area (Å²) in [4.78, 5) is 11.4. The Bertz CT molecular complexity index is 1070. The first-order valence-electron chi connectivity index (χ1n) is 12.7. The Balaban J connectivity index is 1.60. The van der Waals surface area contributed by atoms with Gasteiger partial charge in [-0.25, -0.2) is 0 Å². The molecule has 0 unspecified atom stereocenters. The molecule has 0 saturated heterocycles. The van der Waals surface area contributed by atoms with Gasteiger partial charge in [0, 0.05) is 12.1 Å². The molecular formula is C28H36F3NO3. The van der Waals surface area contributed by atoms with E-state index >= 15 is 0 Å². The lowest BCUT2D eigenvalue weighted by Gasteiger charge is -2.51. The van der Waals surface area contributed by atoms with Crippen LogP contribution in [0.15, 0.2) is 30.3 Å². The van der Waals surface area contributed by atoms with Crippen LogP contribution in [0.1, 0.15) is 83.4 Å². The van der Waals surface area contributed by atoms with Gasteiger partial charge in [0.2, 0.25) is 0 Å². The van der Waals surface area contributed by atoms with Gasteiger partial charge >= 0.3 is 12.1 Å². The summed E-state index contributed by atoms with van der Waals surface area (Å²) in [5.41, 5.74) is -0.402. The number of hydrogen-bond donors (Lipinski definition) is 2. The Morgan fingerprint density at radius 1 is 1.17 bits per heavy atom. The quantitative estimate of drug-likeness (QED) is 0.425. The highest BCUT2D eigenvalue weighted by atomic mass is 19.4. The number of benzene rings is 2. The van der Waals surface area contributed by atoms with E-state index in [1.807, 2.05) is 26.8 Å². The van der Waals surface area contributed by atoms with Crippen molar-refractivity contribution in [3.05, 3.63) is 41.5 Å². The second-order valence-electron chi connectivity index (χ2n) is 11.0. The molecule has 2 aromatic rings. The maximum atomic E-state index is 14.3. The van der Waals surface area contributed by atoms with Crippen molar-refractivity contribution in [2.24, 2.45) is 17.3 Å². The molecule has 4 nitrogen and oxygen atoms in total. The third-order valence-electron chi connectivity index (χ3n) is 8.47. The van der Waals surface area contributed by atoms with E-state index in [2.05, 4.69) is 12.2 Å². The standard InChI is InChI=1S/C28H36F3NO3/c1-5-17-6-11-20(12-7-17)35-23-13-10-18-8-9-19(14-21(18)25(23)28(29,30)31)16(2)32-24-15-22(26(33)34)27(24,3)4/h8-10,13-14,16-17,20,22,24,32H,5-7,11-12,15H2,1-4H3,(H,33,34)/t16-,17-,20+,22-,24-/m0/s1. The van der Waals surface area contributed by atoms with Crippen LogP contribution in [0.2, 0.25) is 0 Å². The summed E-state index contributed by atoms with van der Waals surface area (Å²) in [5.74, 6) is -0.687. The van der Waals surface area contributed by atoms with Crippen LogP contribution in [0.5, 0.6) is 5.75 Å². The first-order chi connectivity index (χ1) is 16.4. The van der Waals surface area contributed by atoms with E-state index in [9.17, 15) is 23.1 Å². The molecule has 0 bridgehead atoms. The lowest BCUT2D eigenvalue weighted by molar-refractivity contribution is -0.155. The number of hydrogen-bond acceptors (Lipinski definition) is 3. The second kappa shape index (κ2) is 9.64. The molecule has 2 aliphatic rings. The smallest absolute Gasteiger partial charge is 0.420 e. The largest absolute Gasteiger partial charge is 0.490 e. The number of carbonyl (C=O) groups is 1. The Kier molecular flexibility index (Phi) is 7.11. The zero-order valence-electron chi connectivity index (χ0n) is 20.9. The number of alkyl halides is 3. The van der Waals surface area contributed by atoms with E-state index in [0.717, 1.165) is 37.7 Å². The van der Waals surface area contributed by atoms with Crippen molar-refractivity contribution in [2.75, 3.05) is 0 Å². The summed E-state index contributed by atoms with van der Waals surface area (Å²) in [6.07, 6.45) is 0.408. The average molecular weight is 492 g/mol. The molecule has 35 heavy (non-hydrogen) atoms. The summed E-state index contributed by atoms with van der Waals surface area (Å²) in [6, 6.07) is 8.08. The van der Waals surface area contributed by atoms with Crippen LogP contribution in [-0.4, -0.2) is 23.2 Å². The van der Waals surface area contributed by atoms with E-state index in [1.165, 1.54) is 6.07 Å². The van der Waals surface area contributed by atoms with Crippen molar-refractivity contribution in [1.82, 2.24) is 5.32 Å². The molecule has 0 radical (unpaired) electrons. The molecule has 7 heteroatoms. The van der Waals surface area contributed by atoms with Gasteiger partial charge in [0.05, 0.1) is 12.0 Å². The van der Waals surface area contributed by atoms with Gasteiger partial charge in [0.15, 0.2) is 0 Å². The number of carboxylic acid groups (broad SMARTS) is 1. The fourth-order valence-corrected chi connectivity index (χ4v) is 5.84. The SMILES string of the molecule is CC[C@H]1CC[C@@H](Oc2ccc3ccc([C@H](C)N[C@H]4C[C@@H](C(=O)O)C4(C)C)cc3c2C(F)(F)F)CC1. The van der Waals surface area contributed by atoms with Crippen molar-refractivity contribution in [2.45, 2.75) is 90.6 Å². The molecule has 4 rings (SSSR count). The summed E-state index contributed by atoms with van der Waals surface area (Å²) in [5, 5.41) is 13.5. The lowest BCUT2D eigenvalue weighted by Crippen LogP contribution is -2.59. The zero-order chi connectivity index (χ0) is 25.5. The number of ether oxygens (including phenoxy) is 1. The van der Waals surface area contributed by atoms with Crippen molar-refractivity contribution < 1.29 is 27.8 Å². The third-order valence-corrected chi connectivity index (χ3v) is 8.47. The van der Waals surface area contributed by atoms with Crippen molar-refractivity contribution in [1.29, 1.82) is 0 Å². The first-order valence-corrected chi connectivity index (χ1v) is 12.7. The van der Waals surface area contributed by atoms with Crippen molar-refractivity contribution in [3.8, 4) is 5.75 Å². The highest BCUT2D eigenvalue weighted by Gasteiger charge is 2.52. The minimum Gasteiger partial charge on any atom is -0.490 e. The normalized spacial score (nSPS) is 27.3. The van der Waals surface area contributed by atoms with Crippen molar-refractivity contribution in [3.63, 3.8) is 0 Å². The first kappa shape index (κ1) is 25.8. The predicted molar refractivity (Wildman–Crippen MR) is 130 cm³/mol. The number of carboxylic acids is 1. The second-order valence-corrected chi connectivity index (χ2v) is 11.0. The molecule has 2 saturated carbocycles. The Hall–Kier alpha value is -2.28. The summed E-state index contributed by atoms with van der Waals surface area (Å²) >= 11 is 0. The van der Waals surface area contributed by atoms with Gasteiger partial charge in [-0.15, -0.1) is 0 Å². The predicted octanol–water partition coefficient (Wildman–Crippen LogP) is 7.36. The Labute approximate surface area is 205 Å². The van der Waals surface area contributed by atoms with E-state index in [1.54, 1.807) is 18.2 Å². The van der Waals surface area contributed by atoms with Crippen LogP contribution < -0.4 is 10.1 Å². The van der Waals surface area contributed by atoms with Gasteiger partial charge in [-0.05, 0) is 78.8 Å². The molecule has 2 fully saturated rings. The average Bonchev–Trinajstić information content (AvgIpc) is 2.80. The molecule has 0 aromatic heterocycles. The summed E-state index contributed by atoms with van der Waals surface area (Å²) in [6.45, 7) is 7.89. The Morgan fingerprint density at radius 3 is 2.40 bits per heavy atom. The van der Waals surface area contributed by atoms with Crippen LogP contribution in [0.3, 0.4) is 0 Å². The maximum Gasteiger partial charge on any atom is 0.420 e. The zero-order valence-corrected chi connectivity index (χ0v) is 20.9. The van der Waals surface area contributed by atoms with Gasteiger partial charge in [0.25, 0.3) is 0 Å². The van der Waals surface area contributed by atoms with Crippen LogP contribution in [0.25, 0.3) is 10.8 Å². The minimum atomic E-state index is -4.55. The van der Waals surface area contributed by atoms with Crippen LogP contribution in [0, 0.1) is 17.3 Å². The number of aliphatic carboxylic acids is 1. The number of halogens is 3. The van der Waals surface area contributed by atoms with Crippen LogP contribution in [-0.2, 0) is 11.0 Å². The van der Waals surface area contributed by atoms with E-state index in [0.29, 0.717) is 17.7 Å². The van der Waals surface area contributed by atoms with Gasteiger partial charge < -0.3 is 15.2 Å². The molecule has 192 valence electrons. The fraction of sp³-hybridized carbons (Fsp3) is 0.607. The highest BCUT2D eigenvalue weighted by Crippen LogP contribution is 2.47. The van der Waals surface area contributed by atoms with Crippen LogP contribution in [0.4, 0.5) is 13.2 Å². The maximum absolute atomic E-state index is 14.3. The molecule has 0 spiro atoms. The van der Waals surface area contributed by atoms with Crippen molar-refractivity contribution >= 4 is 16.7 Å². The number of fused-ring (bicyclic) bond motifs is 1. The van der Waals surface area contributed by atoms with Crippen LogP contribution >= 0.6 is 0 Å². The number of nitrogens with one attached hydrogen (secondary N) is 1. The highest BCUT2D eigenvalue weighted by molar-refractivity contribution is 5.89. The Morgan fingerprint density at radius 2 is 1.83 bits per heavy atom. The van der Waals surface area contributed by atoms with Gasteiger partial charge in [-0.3, -0.25) is 4.79 Å². The van der Waals surface area contributed by atoms with E-state index in [4.69, 9.17) is 4.74 Å². The molecule has 0 amide bonds. The molecule has 2 aliphatic carbocycles. The molecule has 2 N–H and O–H groups in total. The molecule has 0 aliphatic heterocycles. The molecular weight excluding hydrogens is 455 g/mol. The van der Waals surface area contributed by atoms with E-state index < -0.39 is 29.0 Å².